The van der Waals surface area contributed by atoms with Gasteiger partial charge in [-0.05, 0) is 44.2 Å². The van der Waals surface area contributed by atoms with Gasteiger partial charge in [-0.25, -0.2) is 4.98 Å². The van der Waals surface area contributed by atoms with Crippen molar-refractivity contribution in [2.75, 3.05) is 13.1 Å². The summed E-state index contributed by atoms with van der Waals surface area (Å²) >= 11 is 1.69. The van der Waals surface area contributed by atoms with Crippen LogP contribution in [0, 0.1) is 5.41 Å². The van der Waals surface area contributed by atoms with Crippen LogP contribution >= 0.6 is 11.3 Å². The van der Waals surface area contributed by atoms with Gasteiger partial charge >= 0.3 is 0 Å². The van der Waals surface area contributed by atoms with E-state index in [1.54, 1.807) is 11.3 Å². The van der Waals surface area contributed by atoms with E-state index in [9.17, 15) is 9.90 Å². The number of aliphatic hydroxyl groups is 1. The minimum absolute atomic E-state index is 0.0750. The van der Waals surface area contributed by atoms with Crippen LogP contribution < -0.4 is 0 Å². The molecule has 1 amide bonds. The zero-order chi connectivity index (χ0) is 17.5. The molecule has 1 N–H and O–H groups in total. The SMILES string of the molecule is CCC1(O)CCC12CCN(C(=O)CCc1nc3ccccc3s1)CC2. The third-order valence-electron chi connectivity index (χ3n) is 6.55. The number of nitrogens with zero attached hydrogens (tertiary/aromatic N) is 2. The van der Waals surface area contributed by atoms with Crippen molar-refractivity contribution in [2.45, 2.75) is 57.5 Å². The molecule has 1 spiro atoms. The molecule has 5 heteroatoms. The Bertz CT molecular complexity index is 742. The standard InChI is InChI=1S/C20H26N2O2S/c1-2-20(24)10-9-19(20)11-13-22(14-12-19)18(23)8-7-17-21-15-5-3-4-6-16(15)25-17/h3-6,24H,2,7-14H2,1H3. The molecule has 1 aliphatic heterocycles. The van der Waals surface area contributed by atoms with E-state index < -0.39 is 5.60 Å². The van der Waals surface area contributed by atoms with E-state index in [0.717, 1.165) is 62.1 Å². The van der Waals surface area contributed by atoms with Crippen molar-refractivity contribution < 1.29 is 9.90 Å². The van der Waals surface area contributed by atoms with E-state index in [2.05, 4.69) is 18.0 Å². The number of aryl methyl sites for hydroxylation is 1. The summed E-state index contributed by atoms with van der Waals surface area (Å²) in [5.41, 5.74) is 0.619. The number of piperidine rings is 1. The van der Waals surface area contributed by atoms with E-state index in [0.29, 0.717) is 6.42 Å². The number of fused-ring (bicyclic) bond motifs is 1. The minimum atomic E-state index is -0.483. The molecule has 0 bridgehead atoms. The molecule has 4 nitrogen and oxygen atoms in total. The first kappa shape index (κ1) is 17.0. The van der Waals surface area contributed by atoms with E-state index in [4.69, 9.17) is 0 Å². The molecule has 1 atom stereocenters. The summed E-state index contributed by atoms with van der Waals surface area (Å²) in [6.45, 7) is 3.67. The maximum Gasteiger partial charge on any atom is 0.222 e. The van der Waals surface area contributed by atoms with E-state index in [-0.39, 0.29) is 11.3 Å². The monoisotopic (exact) mass is 358 g/mol. The number of benzene rings is 1. The summed E-state index contributed by atoms with van der Waals surface area (Å²) in [5.74, 6) is 0.230. The summed E-state index contributed by atoms with van der Waals surface area (Å²) in [5, 5.41) is 11.8. The second-order valence-electron chi connectivity index (χ2n) is 7.62. The Balaban J connectivity index is 1.32. The van der Waals surface area contributed by atoms with Gasteiger partial charge in [0.15, 0.2) is 0 Å². The number of rotatable bonds is 4. The maximum atomic E-state index is 12.6. The van der Waals surface area contributed by atoms with Crippen LogP contribution in [0.15, 0.2) is 24.3 Å². The molecule has 1 saturated carbocycles. The normalized spacial score (nSPS) is 25.3. The van der Waals surface area contributed by atoms with Gasteiger partial charge in [-0.3, -0.25) is 4.79 Å². The molecule has 1 aromatic carbocycles. The number of carbonyl (C=O) groups excluding carboxylic acids is 1. The quantitative estimate of drug-likeness (QED) is 0.905. The van der Waals surface area contributed by atoms with Crippen LogP contribution in [0.4, 0.5) is 0 Å². The van der Waals surface area contributed by atoms with Crippen LogP contribution in [-0.2, 0) is 11.2 Å². The smallest absolute Gasteiger partial charge is 0.222 e. The molecule has 25 heavy (non-hydrogen) atoms. The van der Waals surface area contributed by atoms with Gasteiger partial charge in [-0.15, -0.1) is 11.3 Å². The first-order chi connectivity index (χ1) is 12.1. The van der Waals surface area contributed by atoms with E-state index in [1.165, 1.54) is 4.70 Å². The number of amides is 1. The number of thiazole rings is 1. The lowest BCUT2D eigenvalue weighted by atomic mass is 9.51. The van der Waals surface area contributed by atoms with E-state index >= 15 is 0 Å². The lowest BCUT2D eigenvalue weighted by molar-refractivity contribution is -0.192. The predicted octanol–water partition coefficient (Wildman–Crippen LogP) is 3.77. The van der Waals surface area contributed by atoms with Crippen molar-refractivity contribution >= 4 is 27.5 Å². The van der Waals surface area contributed by atoms with Gasteiger partial charge in [-0.1, -0.05) is 19.1 Å². The minimum Gasteiger partial charge on any atom is -0.389 e. The Kier molecular flexibility index (Phi) is 4.32. The van der Waals surface area contributed by atoms with Gasteiger partial charge in [0, 0.05) is 31.3 Å². The summed E-state index contributed by atoms with van der Waals surface area (Å²) in [6, 6.07) is 8.13. The maximum absolute atomic E-state index is 12.6. The van der Waals surface area contributed by atoms with Gasteiger partial charge in [0.25, 0.3) is 0 Å². The van der Waals surface area contributed by atoms with Gasteiger partial charge < -0.3 is 10.0 Å². The van der Waals surface area contributed by atoms with Gasteiger partial charge in [0.2, 0.25) is 5.91 Å². The fraction of sp³-hybridized carbons (Fsp3) is 0.600. The highest BCUT2D eigenvalue weighted by Crippen LogP contribution is 2.57. The Labute approximate surface area is 152 Å². The fourth-order valence-corrected chi connectivity index (χ4v) is 5.58. The Morgan fingerprint density at radius 3 is 2.64 bits per heavy atom. The van der Waals surface area contributed by atoms with Crippen LogP contribution in [-0.4, -0.2) is 39.6 Å². The molecule has 2 heterocycles. The lowest BCUT2D eigenvalue weighted by Gasteiger charge is -2.59. The second-order valence-corrected chi connectivity index (χ2v) is 8.74. The van der Waals surface area contributed by atoms with Crippen LogP contribution in [0.2, 0.25) is 0 Å². The van der Waals surface area contributed by atoms with Crippen molar-refractivity contribution in [3.05, 3.63) is 29.3 Å². The molecule has 0 radical (unpaired) electrons. The van der Waals surface area contributed by atoms with Crippen LogP contribution in [0.25, 0.3) is 10.2 Å². The van der Waals surface area contributed by atoms with Crippen molar-refractivity contribution in [1.82, 2.24) is 9.88 Å². The first-order valence-electron chi connectivity index (χ1n) is 9.40. The van der Waals surface area contributed by atoms with Gasteiger partial charge in [-0.2, -0.15) is 0 Å². The summed E-state index contributed by atoms with van der Waals surface area (Å²) < 4.78 is 1.19. The molecule has 1 aromatic heterocycles. The number of aromatic nitrogens is 1. The molecule has 134 valence electrons. The highest BCUT2D eigenvalue weighted by molar-refractivity contribution is 7.18. The van der Waals surface area contributed by atoms with Gasteiger partial charge in [0.1, 0.15) is 0 Å². The van der Waals surface area contributed by atoms with Crippen LogP contribution in [0.3, 0.4) is 0 Å². The number of hydrogen-bond acceptors (Lipinski definition) is 4. The predicted molar refractivity (Wildman–Crippen MR) is 101 cm³/mol. The number of likely N-dealkylation sites (tertiary alicyclic amines) is 1. The summed E-state index contributed by atoms with van der Waals surface area (Å²) in [7, 11) is 0. The molecule has 2 fully saturated rings. The molecule has 2 aromatic rings. The Morgan fingerprint density at radius 1 is 1.24 bits per heavy atom. The molecule has 1 saturated heterocycles. The zero-order valence-corrected chi connectivity index (χ0v) is 15.6. The molecule has 1 aliphatic carbocycles. The van der Waals surface area contributed by atoms with Gasteiger partial charge in [0.05, 0.1) is 20.8 Å². The molecular formula is C20H26N2O2S. The Hall–Kier alpha value is -1.46. The molecular weight excluding hydrogens is 332 g/mol. The van der Waals surface area contributed by atoms with Crippen molar-refractivity contribution in [2.24, 2.45) is 5.41 Å². The summed E-state index contributed by atoms with van der Waals surface area (Å²) in [4.78, 5) is 19.2. The largest absolute Gasteiger partial charge is 0.389 e. The third-order valence-corrected chi connectivity index (χ3v) is 7.65. The lowest BCUT2D eigenvalue weighted by Crippen LogP contribution is -2.61. The van der Waals surface area contributed by atoms with Crippen LogP contribution in [0.5, 0.6) is 0 Å². The molecule has 4 rings (SSSR count). The highest BCUT2D eigenvalue weighted by Gasteiger charge is 2.57. The zero-order valence-electron chi connectivity index (χ0n) is 14.8. The molecule has 1 unspecified atom stereocenters. The van der Waals surface area contributed by atoms with E-state index in [1.807, 2.05) is 23.1 Å². The molecule has 2 aliphatic rings. The average Bonchev–Trinajstić information content (AvgIpc) is 3.07. The van der Waals surface area contributed by atoms with Crippen LogP contribution in [0.1, 0.15) is 50.5 Å². The van der Waals surface area contributed by atoms with Crippen molar-refractivity contribution in [3.8, 4) is 0 Å². The average molecular weight is 359 g/mol. The van der Waals surface area contributed by atoms with Crippen molar-refractivity contribution in [3.63, 3.8) is 0 Å². The highest BCUT2D eigenvalue weighted by atomic mass is 32.1. The van der Waals surface area contributed by atoms with Crippen molar-refractivity contribution in [1.29, 1.82) is 0 Å². The third kappa shape index (κ3) is 2.87. The second kappa shape index (κ2) is 6.36. The topological polar surface area (TPSA) is 53.4 Å². The Morgan fingerprint density at radius 2 is 2.00 bits per heavy atom. The first-order valence-corrected chi connectivity index (χ1v) is 10.2. The number of hydrogen-bond donors (Lipinski definition) is 1. The summed E-state index contributed by atoms with van der Waals surface area (Å²) in [6.07, 6.45) is 6.02. The fourth-order valence-electron chi connectivity index (χ4n) is 4.62. The number of carbonyl (C=O) groups is 1. The number of para-hydroxylation sites is 1.